The summed E-state index contributed by atoms with van der Waals surface area (Å²) in [5, 5.41) is 3.05. The Bertz CT molecular complexity index is 1190. The molecule has 1 aliphatic carbocycles. The summed E-state index contributed by atoms with van der Waals surface area (Å²) >= 11 is 0. The molecular formula is C29H32N2O3. The van der Waals surface area contributed by atoms with Gasteiger partial charge in [0.1, 0.15) is 11.5 Å². The van der Waals surface area contributed by atoms with Crippen LogP contribution in [-0.4, -0.2) is 23.3 Å². The van der Waals surface area contributed by atoms with Gasteiger partial charge in [0.15, 0.2) is 0 Å². The summed E-state index contributed by atoms with van der Waals surface area (Å²) in [5.74, 6) is 2.56. The summed E-state index contributed by atoms with van der Waals surface area (Å²) in [4.78, 5) is 27.3. The predicted octanol–water partition coefficient (Wildman–Crippen LogP) is 6.36. The van der Waals surface area contributed by atoms with E-state index in [1.165, 1.54) is 25.7 Å². The Morgan fingerprint density at radius 3 is 2.71 bits per heavy atom. The first-order valence-electron chi connectivity index (χ1n) is 12.4. The largest absolute Gasteiger partial charge is 0.461 e. The first kappa shape index (κ1) is 22.5. The minimum Gasteiger partial charge on any atom is -0.461 e. The van der Waals surface area contributed by atoms with Crippen LogP contribution in [0.4, 0.5) is 5.69 Å². The number of hydrogen-bond acceptors (Lipinski definition) is 3. The number of hydrogen-bond donors (Lipinski definition) is 1. The third-order valence-electron chi connectivity index (χ3n) is 7.10. The molecule has 0 spiro atoms. The number of nitrogens with zero attached hydrogens (tertiary/aromatic N) is 1. The summed E-state index contributed by atoms with van der Waals surface area (Å²) in [6.07, 6.45) is 7.39. The van der Waals surface area contributed by atoms with Crippen molar-refractivity contribution in [2.45, 2.75) is 58.4 Å². The molecule has 0 atom stereocenters. The maximum absolute atomic E-state index is 13.0. The summed E-state index contributed by atoms with van der Waals surface area (Å²) in [5.41, 5.74) is 4.58. The van der Waals surface area contributed by atoms with Crippen LogP contribution in [0.5, 0.6) is 0 Å². The van der Waals surface area contributed by atoms with E-state index in [1.54, 1.807) is 0 Å². The number of amides is 2. The van der Waals surface area contributed by atoms with E-state index in [2.05, 4.69) is 5.32 Å². The number of carbonyl (C=O) groups is 2. The number of rotatable bonds is 6. The number of benzene rings is 2. The average molecular weight is 457 g/mol. The van der Waals surface area contributed by atoms with E-state index in [0.717, 1.165) is 45.9 Å². The Hall–Kier alpha value is -3.34. The average Bonchev–Trinajstić information content (AvgIpc) is 3.52. The first-order valence-corrected chi connectivity index (χ1v) is 12.4. The lowest BCUT2D eigenvalue weighted by Gasteiger charge is -2.26. The molecule has 0 unspecified atom stereocenters. The fourth-order valence-electron chi connectivity index (χ4n) is 5.22. The molecule has 1 N–H and O–H groups in total. The second kappa shape index (κ2) is 9.88. The van der Waals surface area contributed by atoms with Crippen molar-refractivity contribution in [2.24, 2.45) is 5.92 Å². The molecule has 0 bridgehead atoms. The molecule has 0 radical (unpaired) electrons. The molecular weight excluding hydrogens is 424 g/mol. The van der Waals surface area contributed by atoms with Crippen LogP contribution in [0.25, 0.3) is 11.3 Å². The number of aryl methyl sites for hydroxylation is 1. The lowest BCUT2D eigenvalue weighted by molar-refractivity contribution is -0.116. The number of carbonyl (C=O) groups excluding carboxylic acids is 2. The first-order chi connectivity index (χ1) is 16.5. The second-order valence-corrected chi connectivity index (χ2v) is 9.72. The zero-order valence-corrected chi connectivity index (χ0v) is 19.8. The number of furan rings is 1. The monoisotopic (exact) mass is 456 g/mol. The maximum atomic E-state index is 13.0. The Balaban J connectivity index is 1.24. The van der Waals surface area contributed by atoms with Crippen molar-refractivity contribution in [3.05, 3.63) is 77.0 Å². The molecule has 5 nitrogen and oxygen atoms in total. The van der Waals surface area contributed by atoms with E-state index in [4.69, 9.17) is 4.42 Å². The van der Waals surface area contributed by atoms with E-state index in [-0.39, 0.29) is 11.8 Å². The summed E-state index contributed by atoms with van der Waals surface area (Å²) in [6, 6.07) is 17.6. The molecule has 5 rings (SSSR count). The van der Waals surface area contributed by atoms with Gasteiger partial charge in [0.2, 0.25) is 5.91 Å². The van der Waals surface area contributed by atoms with Gasteiger partial charge in [-0.3, -0.25) is 9.59 Å². The van der Waals surface area contributed by atoms with Gasteiger partial charge >= 0.3 is 0 Å². The highest BCUT2D eigenvalue weighted by Gasteiger charge is 2.25. The van der Waals surface area contributed by atoms with Gasteiger partial charge < -0.3 is 14.6 Å². The highest BCUT2D eigenvalue weighted by atomic mass is 16.3. The van der Waals surface area contributed by atoms with Gasteiger partial charge in [-0.15, -0.1) is 0 Å². The van der Waals surface area contributed by atoms with Crippen LogP contribution in [-0.2, 0) is 17.8 Å². The lowest BCUT2D eigenvalue weighted by atomic mass is 10.0. The molecule has 1 aliphatic heterocycles. The number of nitrogens with one attached hydrogen (secondary N) is 1. The van der Waals surface area contributed by atoms with Crippen LogP contribution < -0.4 is 5.32 Å². The van der Waals surface area contributed by atoms with E-state index in [9.17, 15) is 9.59 Å². The van der Waals surface area contributed by atoms with Crippen molar-refractivity contribution in [3.8, 4) is 11.3 Å². The summed E-state index contributed by atoms with van der Waals surface area (Å²) < 4.78 is 6.17. The van der Waals surface area contributed by atoms with Gasteiger partial charge in [-0.25, -0.2) is 0 Å². The van der Waals surface area contributed by atoms with Gasteiger partial charge in [0, 0.05) is 48.3 Å². The fourth-order valence-corrected chi connectivity index (χ4v) is 5.22. The van der Waals surface area contributed by atoms with Crippen LogP contribution in [0.1, 0.15) is 65.8 Å². The van der Waals surface area contributed by atoms with Crippen molar-refractivity contribution >= 4 is 17.5 Å². The van der Waals surface area contributed by atoms with Crippen molar-refractivity contribution in [1.82, 2.24) is 4.90 Å². The molecule has 176 valence electrons. The highest BCUT2D eigenvalue weighted by Crippen LogP contribution is 2.32. The van der Waals surface area contributed by atoms with Crippen LogP contribution >= 0.6 is 0 Å². The van der Waals surface area contributed by atoms with Crippen LogP contribution in [0, 0.1) is 12.8 Å². The molecule has 1 fully saturated rings. The molecule has 34 heavy (non-hydrogen) atoms. The van der Waals surface area contributed by atoms with Crippen molar-refractivity contribution in [2.75, 3.05) is 11.9 Å². The smallest absolute Gasteiger partial charge is 0.254 e. The molecule has 0 saturated heterocycles. The fraction of sp³-hybridized carbons (Fsp3) is 0.379. The maximum Gasteiger partial charge on any atom is 0.254 e. The van der Waals surface area contributed by atoms with Crippen molar-refractivity contribution < 1.29 is 14.0 Å². The lowest BCUT2D eigenvalue weighted by Crippen LogP contribution is -2.35. The SMILES string of the molecule is Cc1cccc(C(=O)N2CCc3oc(-c4cccc(NC(=O)CCC5CCCC5)c4)cc3C2)c1. The summed E-state index contributed by atoms with van der Waals surface area (Å²) in [6.45, 7) is 3.19. The second-order valence-electron chi connectivity index (χ2n) is 9.72. The molecule has 5 heteroatoms. The zero-order valence-electron chi connectivity index (χ0n) is 19.8. The van der Waals surface area contributed by atoms with E-state index in [0.29, 0.717) is 31.8 Å². The third kappa shape index (κ3) is 5.09. The molecule has 2 aliphatic rings. The van der Waals surface area contributed by atoms with Gasteiger partial charge in [0.05, 0.1) is 0 Å². The summed E-state index contributed by atoms with van der Waals surface area (Å²) in [7, 11) is 0. The normalized spacial score (nSPS) is 15.9. The Kier molecular flexibility index (Phi) is 6.52. The number of anilines is 1. The molecule has 2 aromatic carbocycles. The van der Waals surface area contributed by atoms with Gasteiger partial charge in [0.25, 0.3) is 5.91 Å². The van der Waals surface area contributed by atoms with Gasteiger partial charge in [-0.1, -0.05) is 55.5 Å². The standard InChI is InChI=1S/C29H32N2O3/c1-20-6-4-10-23(16-20)29(33)31-15-14-26-24(19-31)18-27(34-26)22-9-5-11-25(17-22)30-28(32)13-12-21-7-2-3-8-21/h4-6,9-11,16-18,21H,2-3,7-8,12-15,19H2,1H3,(H,30,32). The van der Waals surface area contributed by atoms with Crippen molar-refractivity contribution in [1.29, 1.82) is 0 Å². The molecule has 1 aromatic heterocycles. The minimum absolute atomic E-state index is 0.0550. The van der Waals surface area contributed by atoms with Crippen molar-refractivity contribution in [3.63, 3.8) is 0 Å². The third-order valence-corrected chi connectivity index (χ3v) is 7.10. The number of fused-ring (bicyclic) bond motifs is 1. The molecule has 2 heterocycles. The molecule has 1 saturated carbocycles. The predicted molar refractivity (Wildman–Crippen MR) is 134 cm³/mol. The molecule has 3 aromatic rings. The Morgan fingerprint density at radius 1 is 1.06 bits per heavy atom. The zero-order chi connectivity index (χ0) is 23.5. The minimum atomic E-state index is 0.0550. The van der Waals surface area contributed by atoms with Gasteiger partial charge in [-0.05, 0) is 49.6 Å². The van der Waals surface area contributed by atoms with E-state index >= 15 is 0 Å². The van der Waals surface area contributed by atoms with E-state index < -0.39 is 0 Å². The topological polar surface area (TPSA) is 62.6 Å². The quantitative estimate of drug-likeness (QED) is 0.469. The van der Waals surface area contributed by atoms with Crippen LogP contribution in [0.3, 0.4) is 0 Å². The molecule has 2 amide bonds. The van der Waals surface area contributed by atoms with Crippen LogP contribution in [0.2, 0.25) is 0 Å². The van der Waals surface area contributed by atoms with Gasteiger partial charge in [-0.2, -0.15) is 0 Å². The highest BCUT2D eigenvalue weighted by molar-refractivity contribution is 5.94. The Labute approximate surface area is 201 Å². The Morgan fingerprint density at radius 2 is 1.88 bits per heavy atom. The van der Waals surface area contributed by atoms with E-state index in [1.807, 2.05) is 66.4 Å². The van der Waals surface area contributed by atoms with Crippen LogP contribution in [0.15, 0.2) is 59.0 Å².